The van der Waals surface area contributed by atoms with E-state index in [0.29, 0.717) is 19.6 Å². The van der Waals surface area contributed by atoms with E-state index in [2.05, 4.69) is 15.5 Å². The molecule has 3 atom stereocenters. The number of likely N-dealkylation sites (tertiary alicyclic amines) is 1. The molecule has 3 aliphatic rings. The van der Waals surface area contributed by atoms with Crippen molar-refractivity contribution >= 4 is 11.8 Å². The molecule has 0 aliphatic carbocycles. The molecule has 1 aromatic carbocycles. The van der Waals surface area contributed by atoms with Gasteiger partial charge >= 0.3 is 0 Å². The van der Waals surface area contributed by atoms with E-state index in [1.807, 2.05) is 31.2 Å². The number of para-hydroxylation sites is 1. The van der Waals surface area contributed by atoms with Crippen molar-refractivity contribution in [3.8, 4) is 5.75 Å². The van der Waals surface area contributed by atoms with Gasteiger partial charge in [0.1, 0.15) is 5.75 Å². The molecule has 2 saturated heterocycles. The summed E-state index contributed by atoms with van der Waals surface area (Å²) in [4.78, 5) is 27.4. The molecule has 0 radical (unpaired) electrons. The van der Waals surface area contributed by atoms with Crippen LogP contribution in [-0.4, -0.2) is 55.0 Å². The third kappa shape index (κ3) is 2.96. The lowest BCUT2D eigenvalue weighted by molar-refractivity contribution is -0.127. The first-order valence-corrected chi connectivity index (χ1v) is 9.64. The number of amides is 2. The van der Waals surface area contributed by atoms with Gasteiger partial charge in [0, 0.05) is 24.7 Å². The van der Waals surface area contributed by atoms with E-state index >= 15 is 0 Å². The van der Waals surface area contributed by atoms with Crippen LogP contribution in [0.3, 0.4) is 0 Å². The average molecular weight is 357 g/mol. The normalized spacial score (nSPS) is 31.2. The summed E-state index contributed by atoms with van der Waals surface area (Å²) in [5.74, 6) is 0.992. The second-order valence-electron chi connectivity index (χ2n) is 7.77. The topological polar surface area (TPSA) is 70.7 Å². The third-order valence-corrected chi connectivity index (χ3v) is 6.18. The highest BCUT2D eigenvalue weighted by atomic mass is 16.5. The fourth-order valence-electron chi connectivity index (χ4n) is 4.57. The van der Waals surface area contributed by atoms with Crippen molar-refractivity contribution < 1.29 is 14.3 Å². The highest BCUT2D eigenvalue weighted by Crippen LogP contribution is 2.38. The van der Waals surface area contributed by atoms with Crippen LogP contribution in [0, 0.1) is 0 Å². The predicted molar refractivity (Wildman–Crippen MR) is 98.1 cm³/mol. The molecule has 3 heterocycles. The first kappa shape index (κ1) is 17.3. The van der Waals surface area contributed by atoms with Gasteiger partial charge in [0.05, 0.1) is 18.1 Å². The Hall–Kier alpha value is -2.08. The van der Waals surface area contributed by atoms with Gasteiger partial charge in [-0.15, -0.1) is 0 Å². The van der Waals surface area contributed by atoms with Crippen LogP contribution in [0.2, 0.25) is 0 Å². The molecule has 0 saturated carbocycles. The first-order valence-electron chi connectivity index (χ1n) is 9.64. The number of nitrogens with one attached hydrogen (secondary N) is 2. The van der Waals surface area contributed by atoms with E-state index in [9.17, 15) is 9.59 Å². The zero-order valence-corrected chi connectivity index (χ0v) is 15.3. The quantitative estimate of drug-likeness (QED) is 0.849. The number of hydrogen-bond donors (Lipinski definition) is 2. The standard InChI is InChI=1S/C20H27N3O3/c1-20(9-12-26-17-7-3-2-6-15(17)20)19(25)22-13-14-5-4-11-23(14)16-8-10-21-18(16)24/h2-3,6-7,14,16H,4-5,8-13H2,1H3,(H,21,24)(H,22,25). The molecule has 140 valence electrons. The Bertz CT molecular complexity index is 707. The fourth-order valence-corrected chi connectivity index (χ4v) is 4.57. The minimum Gasteiger partial charge on any atom is -0.493 e. The molecular formula is C20H27N3O3. The fraction of sp³-hybridized carbons (Fsp3) is 0.600. The lowest BCUT2D eigenvalue weighted by Gasteiger charge is -2.35. The Kier molecular flexibility index (Phi) is 4.61. The molecule has 6 heteroatoms. The van der Waals surface area contributed by atoms with Gasteiger partial charge in [-0.05, 0) is 45.2 Å². The van der Waals surface area contributed by atoms with Crippen molar-refractivity contribution in [2.45, 2.75) is 50.1 Å². The molecule has 4 rings (SSSR count). The summed E-state index contributed by atoms with van der Waals surface area (Å²) in [5, 5.41) is 6.09. The maximum Gasteiger partial charge on any atom is 0.237 e. The van der Waals surface area contributed by atoms with Crippen molar-refractivity contribution in [3.63, 3.8) is 0 Å². The van der Waals surface area contributed by atoms with Crippen molar-refractivity contribution in [1.82, 2.24) is 15.5 Å². The number of hydrogen-bond acceptors (Lipinski definition) is 4. The zero-order chi connectivity index (χ0) is 18.1. The third-order valence-electron chi connectivity index (χ3n) is 6.18. The number of benzene rings is 1. The van der Waals surface area contributed by atoms with Crippen LogP contribution in [0.15, 0.2) is 24.3 Å². The van der Waals surface area contributed by atoms with Gasteiger partial charge in [-0.3, -0.25) is 14.5 Å². The van der Waals surface area contributed by atoms with E-state index in [0.717, 1.165) is 43.7 Å². The van der Waals surface area contributed by atoms with Crippen LogP contribution in [0.5, 0.6) is 5.75 Å². The summed E-state index contributed by atoms with van der Waals surface area (Å²) >= 11 is 0. The Labute approximate surface area is 154 Å². The average Bonchev–Trinajstić information content (AvgIpc) is 3.28. The molecule has 26 heavy (non-hydrogen) atoms. The molecule has 2 amide bonds. The summed E-state index contributed by atoms with van der Waals surface area (Å²) in [6.45, 7) is 4.85. The second-order valence-corrected chi connectivity index (χ2v) is 7.77. The van der Waals surface area contributed by atoms with Gasteiger partial charge in [-0.2, -0.15) is 0 Å². The van der Waals surface area contributed by atoms with Gasteiger partial charge < -0.3 is 15.4 Å². The Balaban J connectivity index is 1.43. The molecule has 0 bridgehead atoms. The minimum atomic E-state index is -0.566. The molecule has 2 N–H and O–H groups in total. The molecule has 0 aromatic heterocycles. The Morgan fingerprint density at radius 2 is 2.23 bits per heavy atom. The van der Waals surface area contributed by atoms with Gasteiger partial charge in [0.25, 0.3) is 0 Å². The van der Waals surface area contributed by atoms with Crippen LogP contribution >= 0.6 is 0 Å². The molecule has 3 unspecified atom stereocenters. The van der Waals surface area contributed by atoms with E-state index in [4.69, 9.17) is 4.74 Å². The van der Waals surface area contributed by atoms with E-state index in [-0.39, 0.29) is 23.9 Å². The number of ether oxygens (including phenoxy) is 1. The Morgan fingerprint density at radius 3 is 3.04 bits per heavy atom. The number of fused-ring (bicyclic) bond motifs is 1. The van der Waals surface area contributed by atoms with Crippen molar-refractivity contribution in [1.29, 1.82) is 0 Å². The predicted octanol–water partition coefficient (Wildman–Crippen LogP) is 1.20. The SMILES string of the molecule is CC1(C(=O)NCC2CCCN2C2CCNC2=O)CCOc2ccccc21. The molecule has 6 nitrogen and oxygen atoms in total. The van der Waals surface area contributed by atoms with Gasteiger partial charge in [0.15, 0.2) is 0 Å². The molecule has 3 aliphatic heterocycles. The zero-order valence-electron chi connectivity index (χ0n) is 15.3. The largest absolute Gasteiger partial charge is 0.493 e. The summed E-state index contributed by atoms with van der Waals surface area (Å²) in [5.41, 5.74) is 0.394. The van der Waals surface area contributed by atoms with E-state index in [1.165, 1.54) is 0 Å². The molecule has 2 fully saturated rings. The highest BCUT2D eigenvalue weighted by molar-refractivity contribution is 5.89. The van der Waals surface area contributed by atoms with Crippen LogP contribution in [0.1, 0.15) is 38.2 Å². The molecule has 0 spiro atoms. The summed E-state index contributed by atoms with van der Waals surface area (Å²) < 4.78 is 5.71. The first-order chi connectivity index (χ1) is 12.6. The maximum absolute atomic E-state index is 13.1. The highest BCUT2D eigenvalue weighted by Gasteiger charge is 2.41. The lowest BCUT2D eigenvalue weighted by atomic mass is 9.77. The minimum absolute atomic E-state index is 0.0289. The summed E-state index contributed by atoms with van der Waals surface area (Å²) in [6.07, 6.45) is 3.65. The number of rotatable bonds is 4. The monoisotopic (exact) mass is 357 g/mol. The van der Waals surface area contributed by atoms with Gasteiger partial charge in [0.2, 0.25) is 11.8 Å². The second kappa shape index (κ2) is 6.91. The van der Waals surface area contributed by atoms with E-state index < -0.39 is 5.41 Å². The van der Waals surface area contributed by atoms with Crippen LogP contribution in [-0.2, 0) is 15.0 Å². The lowest BCUT2D eigenvalue weighted by Crippen LogP contribution is -2.51. The van der Waals surface area contributed by atoms with Crippen molar-refractivity contribution in [2.75, 3.05) is 26.2 Å². The molecular weight excluding hydrogens is 330 g/mol. The number of nitrogens with zero attached hydrogens (tertiary/aromatic N) is 1. The number of carbonyl (C=O) groups is 2. The van der Waals surface area contributed by atoms with Crippen LogP contribution in [0.25, 0.3) is 0 Å². The van der Waals surface area contributed by atoms with Crippen molar-refractivity contribution in [2.24, 2.45) is 0 Å². The Morgan fingerprint density at radius 1 is 1.38 bits per heavy atom. The van der Waals surface area contributed by atoms with Crippen LogP contribution in [0.4, 0.5) is 0 Å². The summed E-state index contributed by atoms with van der Waals surface area (Å²) in [6, 6.07) is 8.02. The van der Waals surface area contributed by atoms with Crippen LogP contribution < -0.4 is 15.4 Å². The van der Waals surface area contributed by atoms with Gasteiger partial charge in [-0.1, -0.05) is 18.2 Å². The maximum atomic E-state index is 13.1. The van der Waals surface area contributed by atoms with Crippen molar-refractivity contribution in [3.05, 3.63) is 29.8 Å². The number of carbonyl (C=O) groups excluding carboxylic acids is 2. The van der Waals surface area contributed by atoms with Gasteiger partial charge in [-0.25, -0.2) is 0 Å². The smallest absolute Gasteiger partial charge is 0.237 e. The summed E-state index contributed by atoms with van der Waals surface area (Å²) in [7, 11) is 0. The molecule has 1 aromatic rings. The van der Waals surface area contributed by atoms with E-state index in [1.54, 1.807) is 0 Å².